The van der Waals surface area contributed by atoms with Gasteiger partial charge in [-0.15, -0.1) is 0 Å². The molecule has 0 saturated carbocycles. The third kappa shape index (κ3) is 2.92. The van der Waals surface area contributed by atoms with Gasteiger partial charge in [0.2, 0.25) is 0 Å². The van der Waals surface area contributed by atoms with Crippen molar-refractivity contribution in [1.29, 1.82) is 0 Å². The standard InChI is InChI=1S/C24H20N2O2/c27-24(26-12-14-28-15-13-26)18-8-9-23-22(16-18)21(10-11-25-23)20-7-3-5-17-4-1-2-6-19(17)20/h1-11,16H,12-15H2. The summed E-state index contributed by atoms with van der Waals surface area (Å²) in [5, 5.41) is 3.39. The first-order valence-electron chi connectivity index (χ1n) is 9.55. The Balaban J connectivity index is 1.66. The van der Waals surface area contributed by atoms with E-state index < -0.39 is 0 Å². The average Bonchev–Trinajstić information content (AvgIpc) is 2.78. The number of amides is 1. The predicted molar refractivity (Wildman–Crippen MR) is 111 cm³/mol. The summed E-state index contributed by atoms with van der Waals surface area (Å²) in [4.78, 5) is 19.3. The number of benzene rings is 3. The van der Waals surface area contributed by atoms with Crippen LogP contribution >= 0.6 is 0 Å². The molecule has 1 saturated heterocycles. The Kier molecular flexibility index (Phi) is 4.26. The molecule has 5 rings (SSSR count). The molecular formula is C24H20N2O2. The van der Waals surface area contributed by atoms with Crippen molar-refractivity contribution in [3.63, 3.8) is 0 Å². The zero-order valence-electron chi connectivity index (χ0n) is 15.5. The molecule has 3 aromatic carbocycles. The minimum atomic E-state index is 0.0536. The summed E-state index contributed by atoms with van der Waals surface area (Å²) in [6, 6.07) is 22.5. The van der Waals surface area contributed by atoms with Gasteiger partial charge in [0.25, 0.3) is 5.91 Å². The lowest BCUT2D eigenvalue weighted by molar-refractivity contribution is 0.0303. The van der Waals surface area contributed by atoms with Crippen LogP contribution in [0.1, 0.15) is 10.4 Å². The molecule has 1 aliphatic rings. The molecule has 0 atom stereocenters. The number of nitrogens with zero attached hydrogens (tertiary/aromatic N) is 2. The van der Waals surface area contributed by atoms with Crippen LogP contribution in [0.5, 0.6) is 0 Å². The van der Waals surface area contributed by atoms with Gasteiger partial charge < -0.3 is 9.64 Å². The fourth-order valence-corrected chi connectivity index (χ4v) is 3.92. The Morgan fingerprint density at radius 1 is 0.857 bits per heavy atom. The summed E-state index contributed by atoms with van der Waals surface area (Å²) >= 11 is 0. The SMILES string of the molecule is O=C(c1ccc2nccc(-c3cccc4ccccc34)c2c1)N1CCOCC1. The van der Waals surface area contributed by atoms with Gasteiger partial charge in [0, 0.05) is 30.2 Å². The van der Waals surface area contributed by atoms with Crippen molar-refractivity contribution in [3.8, 4) is 11.1 Å². The van der Waals surface area contributed by atoms with E-state index in [2.05, 4.69) is 47.4 Å². The van der Waals surface area contributed by atoms with Gasteiger partial charge in [-0.25, -0.2) is 0 Å². The first-order valence-corrected chi connectivity index (χ1v) is 9.55. The second kappa shape index (κ2) is 7.06. The van der Waals surface area contributed by atoms with Crippen molar-refractivity contribution in [2.75, 3.05) is 26.3 Å². The van der Waals surface area contributed by atoms with Crippen LogP contribution in [-0.2, 0) is 4.74 Å². The summed E-state index contributed by atoms with van der Waals surface area (Å²) in [5.41, 5.74) is 3.84. The second-order valence-electron chi connectivity index (χ2n) is 7.02. The maximum absolute atomic E-state index is 13.0. The molecule has 1 fully saturated rings. The highest BCUT2D eigenvalue weighted by molar-refractivity contribution is 6.06. The van der Waals surface area contributed by atoms with Crippen molar-refractivity contribution < 1.29 is 9.53 Å². The fourth-order valence-electron chi connectivity index (χ4n) is 3.92. The Hall–Kier alpha value is -3.24. The number of morpholine rings is 1. The molecule has 0 unspecified atom stereocenters. The summed E-state index contributed by atoms with van der Waals surface area (Å²) < 4.78 is 5.37. The van der Waals surface area contributed by atoms with Crippen molar-refractivity contribution in [1.82, 2.24) is 9.88 Å². The van der Waals surface area contributed by atoms with E-state index >= 15 is 0 Å². The number of carbonyl (C=O) groups excluding carboxylic acids is 1. The molecule has 0 N–H and O–H groups in total. The third-order valence-corrected chi connectivity index (χ3v) is 5.37. The van der Waals surface area contributed by atoms with Crippen LogP contribution in [0.4, 0.5) is 0 Å². The predicted octanol–water partition coefficient (Wildman–Crippen LogP) is 4.53. The van der Waals surface area contributed by atoms with E-state index in [0.717, 1.165) is 22.0 Å². The van der Waals surface area contributed by atoms with Gasteiger partial charge in [0.1, 0.15) is 0 Å². The topological polar surface area (TPSA) is 42.4 Å². The summed E-state index contributed by atoms with van der Waals surface area (Å²) in [5.74, 6) is 0.0536. The molecule has 28 heavy (non-hydrogen) atoms. The molecule has 2 heterocycles. The molecule has 4 aromatic rings. The van der Waals surface area contributed by atoms with Crippen LogP contribution < -0.4 is 0 Å². The van der Waals surface area contributed by atoms with E-state index in [-0.39, 0.29) is 5.91 Å². The van der Waals surface area contributed by atoms with Crippen LogP contribution in [-0.4, -0.2) is 42.1 Å². The van der Waals surface area contributed by atoms with E-state index in [9.17, 15) is 4.79 Å². The van der Waals surface area contributed by atoms with Gasteiger partial charge in [-0.3, -0.25) is 9.78 Å². The minimum Gasteiger partial charge on any atom is -0.378 e. The lowest BCUT2D eigenvalue weighted by Gasteiger charge is -2.27. The summed E-state index contributed by atoms with van der Waals surface area (Å²) in [7, 11) is 0. The number of fused-ring (bicyclic) bond motifs is 2. The highest BCUT2D eigenvalue weighted by atomic mass is 16.5. The number of ether oxygens (including phenoxy) is 1. The van der Waals surface area contributed by atoms with Gasteiger partial charge in [-0.1, -0.05) is 42.5 Å². The van der Waals surface area contributed by atoms with Crippen LogP contribution in [0.15, 0.2) is 72.9 Å². The molecule has 1 aliphatic heterocycles. The monoisotopic (exact) mass is 368 g/mol. The van der Waals surface area contributed by atoms with E-state index in [1.165, 1.54) is 10.8 Å². The lowest BCUT2D eigenvalue weighted by Crippen LogP contribution is -2.40. The molecule has 0 radical (unpaired) electrons. The van der Waals surface area contributed by atoms with Gasteiger partial charge in [-0.2, -0.15) is 0 Å². The highest BCUT2D eigenvalue weighted by Crippen LogP contribution is 2.33. The van der Waals surface area contributed by atoms with E-state index in [1.807, 2.05) is 35.4 Å². The number of hydrogen-bond acceptors (Lipinski definition) is 3. The van der Waals surface area contributed by atoms with Crippen molar-refractivity contribution in [2.24, 2.45) is 0 Å². The maximum atomic E-state index is 13.0. The number of carbonyl (C=O) groups is 1. The van der Waals surface area contributed by atoms with Crippen LogP contribution in [0.3, 0.4) is 0 Å². The van der Waals surface area contributed by atoms with E-state index in [4.69, 9.17) is 4.74 Å². The van der Waals surface area contributed by atoms with Crippen molar-refractivity contribution >= 4 is 27.6 Å². The number of hydrogen-bond donors (Lipinski definition) is 0. The summed E-state index contributed by atoms with van der Waals surface area (Å²) in [6.45, 7) is 2.48. The smallest absolute Gasteiger partial charge is 0.254 e. The molecule has 138 valence electrons. The minimum absolute atomic E-state index is 0.0536. The Morgan fingerprint density at radius 3 is 2.54 bits per heavy atom. The second-order valence-corrected chi connectivity index (χ2v) is 7.02. The van der Waals surface area contributed by atoms with Gasteiger partial charge in [0.05, 0.1) is 18.7 Å². The van der Waals surface area contributed by atoms with Gasteiger partial charge >= 0.3 is 0 Å². The Bertz CT molecular complexity index is 1170. The molecule has 1 amide bonds. The Labute approximate surface area is 163 Å². The number of rotatable bonds is 2. The summed E-state index contributed by atoms with van der Waals surface area (Å²) in [6.07, 6.45) is 1.84. The third-order valence-electron chi connectivity index (χ3n) is 5.37. The molecular weight excluding hydrogens is 348 g/mol. The Morgan fingerprint density at radius 2 is 1.64 bits per heavy atom. The molecule has 4 nitrogen and oxygen atoms in total. The quantitative estimate of drug-likeness (QED) is 0.522. The van der Waals surface area contributed by atoms with Crippen LogP contribution in [0, 0.1) is 0 Å². The first kappa shape index (κ1) is 16.9. The molecule has 1 aromatic heterocycles. The normalized spacial score (nSPS) is 14.5. The molecule has 4 heteroatoms. The van der Waals surface area contributed by atoms with Crippen molar-refractivity contribution in [3.05, 3.63) is 78.5 Å². The fraction of sp³-hybridized carbons (Fsp3) is 0.167. The average molecular weight is 368 g/mol. The largest absolute Gasteiger partial charge is 0.378 e. The zero-order chi connectivity index (χ0) is 18.9. The molecule has 0 bridgehead atoms. The van der Waals surface area contributed by atoms with Gasteiger partial charge in [0.15, 0.2) is 0 Å². The zero-order valence-corrected chi connectivity index (χ0v) is 15.5. The first-order chi connectivity index (χ1) is 13.8. The maximum Gasteiger partial charge on any atom is 0.254 e. The highest BCUT2D eigenvalue weighted by Gasteiger charge is 2.19. The van der Waals surface area contributed by atoms with E-state index in [0.29, 0.717) is 31.9 Å². The lowest BCUT2D eigenvalue weighted by atomic mass is 9.95. The molecule has 0 spiro atoms. The van der Waals surface area contributed by atoms with Crippen molar-refractivity contribution in [2.45, 2.75) is 0 Å². The number of pyridine rings is 1. The van der Waals surface area contributed by atoms with Crippen LogP contribution in [0.25, 0.3) is 32.8 Å². The number of aromatic nitrogens is 1. The molecule has 0 aliphatic carbocycles. The van der Waals surface area contributed by atoms with E-state index in [1.54, 1.807) is 0 Å². The van der Waals surface area contributed by atoms with Crippen LogP contribution in [0.2, 0.25) is 0 Å². The van der Waals surface area contributed by atoms with Gasteiger partial charge in [-0.05, 0) is 46.2 Å².